The molecular formula is C18H22Cl2N2O3S3. The van der Waals surface area contributed by atoms with Gasteiger partial charge in [0, 0.05) is 16.4 Å². The zero-order chi connectivity index (χ0) is 20.7. The lowest BCUT2D eigenvalue weighted by Crippen LogP contribution is -2.48. The Morgan fingerprint density at radius 3 is 2.68 bits per heavy atom. The van der Waals surface area contributed by atoms with Crippen molar-refractivity contribution >= 4 is 62.2 Å². The minimum atomic E-state index is -4.01. The largest absolute Gasteiger partial charge is 0.336 e. The fourth-order valence-corrected chi connectivity index (χ4v) is 5.74. The van der Waals surface area contributed by atoms with Crippen LogP contribution in [0.4, 0.5) is 0 Å². The second kappa shape index (κ2) is 10.8. The van der Waals surface area contributed by atoms with E-state index in [1.54, 1.807) is 28.0 Å². The van der Waals surface area contributed by atoms with Crippen LogP contribution in [0.15, 0.2) is 40.6 Å². The Balaban J connectivity index is 2.26. The molecule has 28 heavy (non-hydrogen) atoms. The van der Waals surface area contributed by atoms with Gasteiger partial charge in [0.15, 0.2) is 0 Å². The van der Waals surface area contributed by atoms with Crippen LogP contribution in [0.25, 0.3) is 0 Å². The monoisotopic (exact) mass is 480 g/mol. The standard InChI is InChI=1S/C18H22Cl2N2O3S3/c1-3-22(12-14-5-4-9-27-14)18(23)16(8-10-26-2)21-28(24,25)17-11-13(19)6-7-15(17)20/h4-7,9,11,16,21H,3,8,10,12H2,1-2H3. The van der Waals surface area contributed by atoms with E-state index < -0.39 is 16.1 Å². The van der Waals surface area contributed by atoms with E-state index in [9.17, 15) is 13.2 Å². The number of hydrogen-bond acceptors (Lipinski definition) is 5. The molecule has 0 fully saturated rings. The molecule has 0 saturated carbocycles. The zero-order valence-electron chi connectivity index (χ0n) is 15.5. The van der Waals surface area contributed by atoms with Gasteiger partial charge in [0.05, 0.1) is 11.6 Å². The minimum absolute atomic E-state index is 0.0545. The summed E-state index contributed by atoms with van der Waals surface area (Å²) in [6.07, 6.45) is 2.28. The highest BCUT2D eigenvalue weighted by molar-refractivity contribution is 7.98. The highest BCUT2D eigenvalue weighted by Gasteiger charge is 2.30. The molecule has 5 nitrogen and oxygen atoms in total. The molecule has 0 spiro atoms. The summed E-state index contributed by atoms with van der Waals surface area (Å²) in [5, 5.41) is 2.26. The van der Waals surface area contributed by atoms with Gasteiger partial charge in [-0.05, 0) is 55.0 Å². The molecule has 10 heteroatoms. The summed E-state index contributed by atoms with van der Waals surface area (Å²) in [7, 11) is -4.01. The number of carbonyl (C=O) groups excluding carboxylic acids is 1. The van der Waals surface area contributed by atoms with Gasteiger partial charge in [0.2, 0.25) is 15.9 Å². The normalized spacial score (nSPS) is 12.7. The summed E-state index contributed by atoms with van der Waals surface area (Å²) < 4.78 is 28.3. The molecule has 1 amide bonds. The van der Waals surface area contributed by atoms with Crippen LogP contribution in [0, 0.1) is 0 Å². The molecule has 1 unspecified atom stereocenters. The van der Waals surface area contributed by atoms with Gasteiger partial charge in [-0.25, -0.2) is 8.42 Å². The van der Waals surface area contributed by atoms with E-state index in [4.69, 9.17) is 23.2 Å². The number of rotatable bonds is 10. The average molecular weight is 481 g/mol. The SMILES string of the molecule is CCN(Cc1cccs1)C(=O)C(CCSC)NS(=O)(=O)c1cc(Cl)ccc1Cl. The molecule has 2 rings (SSSR count). The van der Waals surface area contributed by atoms with Crippen molar-refractivity contribution in [3.63, 3.8) is 0 Å². The van der Waals surface area contributed by atoms with E-state index in [-0.39, 0.29) is 20.8 Å². The number of carbonyl (C=O) groups is 1. The van der Waals surface area contributed by atoms with Crippen molar-refractivity contribution in [2.45, 2.75) is 30.8 Å². The van der Waals surface area contributed by atoms with E-state index in [0.717, 1.165) is 4.88 Å². The first-order valence-electron chi connectivity index (χ1n) is 8.56. The summed E-state index contributed by atoms with van der Waals surface area (Å²) in [4.78, 5) is 15.7. The second-order valence-electron chi connectivity index (χ2n) is 5.96. The number of hydrogen-bond donors (Lipinski definition) is 1. The summed E-state index contributed by atoms with van der Waals surface area (Å²) in [5.41, 5.74) is 0. The molecule has 0 saturated heterocycles. The fraction of sp³-hybridized carbons (Fsp3) is 0.389. The van der Waals surface area contributed by atoms with Crippen LogP contribution in [0.1, 0.15) is 18.2 Å². The Kier molecular flexibility index (Phi) is 9.11. The van der Waals surface area contributed by atoms with Crippen molar-refractivity contribution < 1.29 is 13.2 Å². The Bertz CT molecular complexity index is 889. The number of sulfonamides is 1. The first kappa shape index (κ1) is 23.5. The lowest BCUT2D eigenvalue weighted by atomic mass is 10.2. The quantitative estimate of drug-likeness (QED) is 0.543. The summed E-state index contributed by atoms with van der Waals surface area (Å²) >= 11 is 15.1. The second-order valence-corrected chi connectivity index (χ2v) is 10.5. The number of nitrogens with zero attached hydrogens (tertiary/aromatic N) is 1. The van der Waals surface area contributed by atoms with Crippen LogP contribution in [0.3, 0.4) is 0 Å². The van der Waals surface area contributed by atoms with Crippen LogP contribution in [0.2, 0.25) is 10.0 Å². The van der Waals surface area contributed by atoms with Gasteiger partial charge in [-0.2, -0.15) is 16.5 Å². The molecule has 0 bridgehead atoms. The minimum Gasteiger partial charge on any atom is -0.336 e. The van der Waals surface area contributed by atoms with Crippen molar-refractivity contribution in [3.05, 3.63) is 50.6 Å². The van der Waals surface area contributed by atoms with Gasteiger partial charge >= 0.3 is 0 Å². The lowest BCUT2D eigenvalue weighted by Gasteiger charge is -2.26. The average Bonchev–Trinajstić information content (AvgIpc) is 3.17. The molecule has 1 aromatic carbocycles. The third-order valence-corrected chi connectivity index (χ3v) is 7.70. The number of likely N-dealkylation sites (N-methyl/N-ethyl adjacent to an activating group) is 1. The maximum atomic E-state index is 13.1. The molecule has 1 atom stereocenters. The molecule has 0 aliphatic rings. The van der Waals surface area contributed by atoms with Gasteiger partial charge in [0.25, 0.3) is 0 Å². The van der Waals surface area contributed by atoms with Gasteiger partial charge in [-0.3, -0.25) is 4.79 Å². The topological polar surface area (TPSA) is 66.5 Å². The van der Waals surface area contributed by atoms with Gasteiger partial charge in [-0.1, -0.05) is 29.3 Å². The van der Waals surface area contributed by atoms with E-state index in [1.165, 1.54) is 18.2 Å². The highest BCUT2D eigenvalue weighted by atomic mass is 35.5. The first-order chi connectivity index (χ1) is 13.3. The predicted octanol–water partition coefficient (Wildman–Crippen LogP) is 4.50. The van der Waals surface area contributed by atoms with Crippen molar-refractivity contribution in [1.29, 1.82) is 0 Å². The van der Waals surface area contributed by atoms with Crippen molar-refractivity contribution in [2.75, 3.05) is 18.6 Å². The number of thioether (sulfide) groups is 1. The molecule has 1 N–H and O–H groups in total. The number of nitrogens with one attached hydrogen (secondary N) is 1. The Hall–Kier alpha value is -0.770. The van der Waals surface area contributed by atoms with E-state index in [1.807, 2.05) is 30.7 Å². The molecule has 2 aromatic rings. The van der Waals surface area contributed by atoms with E-state index in [2.05, 4.69) is 4.72 Å². The third kappa shape index (κ3) is 6.37. The van der Waals surface area contributed by atoms with Crippen LogP contribution < -0.4 is 4.72 Å². The maximum absolute atomic E-state index is 13.1. The Morgan fingerprint density at radius 1 is 1.32 bits per heavy atom. The smallest absolute Gasteiger partial charge is 0.242 e. The number of benzene rings is 1. The third-order valence-electron chi connectivity index (χ3n) is 4.01. The van der Waals surface area contributed by atoms with E-state index >= 15 is 0 Å². The molecule has 0 aliphatic heterocycles. The fourth-order valence-electron chi connectivity index (χ4n) is 2.56. The van der Waals surface area contributed by atoms with Crippen molar-refractivity contribution in [1.82, 2.24) is 9.62 Å². The van der Waals surface area contributed by atoms with Gasteiger partial charge in [-0.15, -0.1) is 11.3 Å². The summed E-state index contributed by atoms with van der Waals surface area (Å²) in [5.74, 6) is 0.380. The highest BCUT2D eigenvalue weighted by Crippen LogP contribution is 2.25. The molecule has 154 valence electrons. The summed E-state index contributed by atoms with van der Waals surface area (Å²) in [6.45, 7) is 2.80. The first-order valence-corrected chi connectivity index (χ1v) is 13.1. The number of thiophene rings is 1. The number of amides is 1. The molecule has 0 aliphatic carbocycles. The number of halogens is 2. The van der Waals surface area contributed by atoms with Crippen LogP contribution in [0.5, 0.6) is 0 Å². The van der Waals surface area contributed by atoms with Gasteiger partial charge < -0.3 is 4.90 Å². The van der Waals surface area contributed by atoms with Crippen LogP contribution >= 0.6 is 46.3 Å². The molecule has 0 radical (unpaired) electrons. The maximum Gasteiger partial charge on any atom is 0.242 e. The summed E-state index contributed by atoms with van der Waals surface area (Å²) in [6, 6.07) is 7.21. The van der Waals surface area contributed by atoms with Crippen molar-refractivity contribution in [3.8, 4) is 0 Å². The Morgan fingerprint density at radius 2 is 2.07 bits per heavy atom. The molecule has 1 aromatic heterocycles. The van der Waals surface area contributed by atoms with E-state index in [0.29, 0.717) is 25.3 Å². The van der Waals surface area contributed by atoms with Crippen LogP contribution in [-0.2, 0) is 21.4 Å². The Labute approximate surface area is 184 Å². The lowest BCUT2D eigenvalue weighted by molar-refractivity contribution is -0.133. The van der Waals surface area contributed by atoms with Crippen molar-refractivity contribution in [2.24, 2.45) is 0 Å². The predicted molar refractivity (Wildman–Crippen MR) is 119 cm³/mol. The van der Waals surface area contributed by atoms with Gasteiger partial charge in [0.1, 0.15) is 10.9 Å². The van der Waals surface area contributed by atoms with Crippen LogP contribution in [-0.4, -0.2) is 43.8 Å². The molecule has 1 heterocycles. The zero-order valence-corrected chi connectivity index (χ0v) is 19.5. The molecular weight excluding hydrogens is 459 g/mol.